The molecule has 0 heterocycles. The van der Waals surface area contributed by atoms with Gasteiger partial charge in [-0.3, -0.25) is 0 Å². The molecule has 0 rings (SSSR count). The van der Waals surface area contributed by atoms with Crippen LogP contribution in [0.5, 0.6) is 0 Å². The van der Waals surface area contributed by atoms with Crippen LogP contribution in [0.25, 0.3) is 0 Å². The van der Waals surface area contributed by atoms with Gasteiger partial charge in [0.05, 0.1) is 13.7 Å². The largest absolute Gasteiger partial charge is 0.480 e. The zero-order valence-electron chi connectivity index (χ0n) is 9.86. The summed E-state index contributed by atoms with van der Waals surface area (Å²) in [5.41, 5.74) is 0. The van der Waals surface area contributed by atoms with Gasteiger partial charge in [0, 0.05) is 12.5 Å². The summed E-state index contributed by atoms with van der Waals surface area (Å²) in [6.07, 6.45) is 0.115. The van der Waals surface area contributed by atoms with Gasteiger partial charge < -0.3 is 19.9 Å². The number of carbonyl (C=O) groups is 2. The highest BCUT2D eigenvalue weighted by Gasteiger charge is 2.26. The number of rotatable bonds is 7. The van der Waals surface area contributed by atoms with E-state index in [1.54, 1.807) is 6.92 Å². The highest BCUT2D eigenvalue weighted by Crippen LogP contribution is 2.05. The molecule has 2 unspecified atom stereocenters. The smallest absolute Gasteiger partial charge is 0.407 e. The van der Waals surface area contributed by atoms with Gasteiger partial charge in [-0.1, -0.05) is 13.8 Å². The third-order valence-electron chi connectivity index (χ3n) is 2.02. The molecule has 2 N–H and O–H groups in total. The van der Waals surface area contributed by atoms with Crippen LogP contribution in [0.3, 0.4) is 0 Å². The minimum absolute atomic E-state index is 0.287. The Morgan fingerprint density at radius 3 is 2.50 bits per heavy atom. The summed E-state index contributed by atoms with van der Waals surface area (Å²) in [6, 6.07) is -0.996. The normalized spacial score (nSPS) is 13.9. The first-order valence-corrected chi connectivity index (χ1v) is 5.17. The zero-order valence-corrected chi connectivity index (χ0v) is 9.86. The summed E-state index contributed by atoms with van der Waals surface area (Å²) in [7, 11) is 1.19. The van der Waals surface area contributed by atoms with E-state index in [1.807, 2.05) is 6.92 Å². The molecule has 0 aliphatic carbocycles. The van der Waals surface area contributed by atoms with Crippen molar-refractivity contribution >= 4 is 12.1 Å². The minimum Gasteiger partial charge on any atom is -0.480 e. The number of carboxylic acid groups (broad SMARTS) is 1. The number of ether oxygens (including phenoxy) is 2. The molecule has 94 valence electrons. The molecule has 0 saturated carbocycles. The topological polar surface area (TPSA) is 84.9 Å². The van der Waals surface area contributed by atoms with Crippen LogP contribution in [0.4, 0.5) is 4.79 Å². The van der Waals surface area contributed by atoms with Gasteiger partial charge in [0.15, 0.2) is 0 Å². The third-order valence-corrected chi connectivity index (χ3v) is 2.02. The Hall–Kier alpha value is -1.30. The first-order valence-electron chi connectivity index (χ1n) is 5.17. The van der Waals surface area contributed by atoms with Crippen LogP contribution in [0.2, 0.25) is 0 Å². The van der Waals surface area contributed by atoms with E-state index in [9.17, 15) is 9.59 Å². The number of aliphatic carboxylic acids is 1. The Bertz CT molecular complexity index is 231. The summed E-state index contributed by atoms with van der Waals surface area (Å²) < 4.78 is 9.59. The van der Waals surface area contributed by atoms with Crippen molar-refractivity contribution in [2.45, 2.75) is 26.3 Å². The summed E-state index contributed by atoms with van der Waals surface area (Å²) >= 11 is 0. The second-order valence-electron chi connectivity index (χ2n) is 3.50. The molecular formula is C10H19NO5. The van der Waals surface area contributed by atoms with E-state index in [0.29, 0.717) is 6.61 Å². The van der Waals surface area contributed by atoms with Gasteiger partial charge in [0.1, 0.15) is 6.04 Å². The SMILES string of the molecule is CCCOCC(C)C(NC(=O)OC)C(=O)O. The molecule has 0 aliphatic heterocycles. The maximum Gasteiger partial charge on any atom is 0.407 e. The van der Waals surface area contributed by atoms with Crippen LogP contribution in [0.15, 0.2) is 0 Å². The fourth-order valence-corrected chi connectivity index (χ4v) is 1.14. The molecule has 0 saturated heterocycles. The van der Waals surface area contributed by atoms with Crippen molar-refractivity contribution in [1.82, 2.24) is 5.32 Å². The summed E-state index contributed by atoms with van der Waals surface area (Å²) in [5, 5.41) is 11.2. The van der Waals surface area contributed by atoms with Crippen molar-refractivity contribution in [3.05, 3.63) is 0 Å². The Morgan fingerprint density at radius 1 is 1.44 bits per heavy atom. The standard InChI is InChI=1S/C10H19NO5/c1-4-5-16-6-7(2)8(9(12)13)11-10(14)15-3/h7-8H,4-6H2,1-3H3,(H,11,14)(H,12,13). The van der Waals surface area contributed by atoms with Crippen molar-refractivity contribution in [3.8, 4) is 0 Å². The molecule has 0 bridgehead atoms. The Balaban J connectivity index is 4.18. The van der Waals surface area contributed by atoms with E-state index in [4.69, 9.17) is 9.84 Å². The molecule has 0 fully saturated rings. The summed E-state index contributed by atoms with van der Waals surface area (Å²) in [4.78, 5) is 21.8. The van der Waals surface area contributed by atoms with Crippen molar-refractivity contribution < 1.29 is 24.2 Å². The summed E-state index contributed by atoms with van der Waals surface area (Å²) in [6.45, 7) is 4.53. The number of hydrogen-bond donors (Lipinski definition) is 2. The van der Waals surface area contributed by atoms with Gasteiger partial charge in [-0.15, -0.1) is 0 Å². The van der Waals surface area contributed by atoms with E-state index in [1.165, 1.54) is 7.11 Å². The number of methoxy groups -OCH3 is 1. The molecule has 0 aliphatic rings. The van der Waals surface area contributed by atoms with E-state index < -0.39 is 18.1 Å². The van der Waals surface area contributed by atoms with Crippen LogP contribution in [0.1, 0.15) is 20.3 Å². The van der Waals surface area contributed by atoms with Gasteiger partial charge in [-0.25, -0.2) is 9.59 Å². The molecule has 2 atom stereocenters. The molecule has 6 nitrogen and oxygen atoms in total. The molecule has 0 aromatic rings. The number of amides is 1. The van der Waals surface area contributed by atoms with Crippen LogP contribution in [-0.4, -0.2) is 43.5 Å². The van der Waals surface area contributed by atoms with Crippen LogP contribution < -0.4 is 5.32 Å². The summed E-state index contributed by atoms with van der Waals surface area (Å²) in [5.74, 6) is -1.42. The third kappa shape index (κ3) is 5.55. The van der Waals surface area contributed by atoms with E-state index >= 15 is 0 Å². The quantitative estimate of drug-likeness (QED) is 0.637. The lowest BCUT2D eigenvalue weighted by atomic mass is 10.0. The second kappa shape index (κ2) is 7.92. The number of hydrogen-bond acceptors (Lipinski definition) is 4. The van der Waals surface area contributed by atoms with Crippen LogP contribution >= 0.6 is 0 Å². The van der Waals surface area contributed by atoms with Gasteiger partial charge in [-0.2, -0.15) is 0 Å². The van der Waals surface area contributed by atoms with Crippen LogP contribution in [0, 0.1) is 5.92 Å². The van der Waals surface area contributed by atoms with E-state index in [2.05, 4.69) is 10.1 Å². The second-order valence-corrected chi connectivity index (χ2v) is 3.50. The van der Waals surface area contributed by atoms with Gasteiger partial charge >= 0.3 is 12.1 Å². The maximum atomic E-state index is 10.9. The van der Waals surface area contributed by atoms with E-state index in [-0.39, 0.29) is 12.5 Å². The zero-order chi connectivity index (χ0) is 12.6. The van der Waals surface area contributed by atoms with Gasteiger partial charge in [0.2, 0.25) is 0 Å². The maximum absolute atomic E-state index is 10.9. The predicted octanol–water partition coefficient (Wildman–Crippen LogP) is 0.858. The first kappa shape index (κ1) is 14.7. The number of nitrogens with one attached hydrogen (secondary N) is 1. The monoisotopic (exact) mass is 233 g/mol. The van der Waals surface area contributed by atoms with Crippen LogP contribution in [-0.2, 0) is 14.3 Å². The van der Waals surface area contributed by atoms with Gasteiger partial charge in [-0.05, 0) is 6.42 Å². The molecule has 1 amide bonds. The van der Waals surface area contributed by atoms with Gasteiger partial charge in [0.25, 0.3) is 0 Å². The number of carboxylic acids is 1. The molecule has 16 heavy (non-hydrogen) atoms. The highest BCUT2D eigenvalue weighted by atomic mass is 16.5. The van der Waals surface area contributed by atoms with Crippen molar-refractivity contribution in [3.63, 3.8) is 0 Å². The Morgan fingerprint density at radius 2 is 2.06 bits per heavy atom. The van der Waals surface area contributed by atoms with Crippen molar-refractivity contribution in [2.24, 2.45) is 5.92 Å². The first-order chi connectivity index (χ1) is 7.52. The lowest BCUT2D eigenvalue weighted by Gasteiger charge is -2.20. The van der Waals surface area contributed by atoms with Crippen molar-refractivity contribution in [2.75, 3.05) is 20.3 Å². The Labute approximate surface area is 94.9 Å². The lowest BCUT2D eigenvalue weighted by Crippen LogP contribution is -2.46. The predicted molar refractivity (Wildman–Crippen MR) is 57.2 cm³/mol. The number of alkyl carbamates (subject to hydrolysis) is 1. The Kier molecular flexibility index (Phi) is 7.28. The molecule has 0 aromatic heterocycles. The number of carbonyl (C=O) groups excluding carboxylic acids is 1. The average molecular weight is 233 g/mol. The molecular weight excluding hydrogens is 214 g/mol. The molecule has 0 aromatic carbocycles. The molecule has 6 heteroatoms. The minimum atomic E-state index is -1.10. The fraction of sp³-hybridized carbons (Fsp3) is 0.800. The lowest BCUT2D eigenvalue weighted by molar-refractivity contribution is -0.141. The fourth-order valence-electron chi connectivity index (χ4n) is 1.14. The highest BCUT2D eigenvalue weighted by molar-refractivity contribution is 5.80. The molecule has 0 spiro atoms. The molecule has 0 radical (unpaired) electrons. The van der Waals surface area contributed by atoms with E-state index in [0.717, 1.165) is 6.42 Å². The average Bonchev–Trinajstić information content (AvgIpc) is 2.25. The van der Waals surface area contributed by atoms with Crippen molar-refractivity contribution in [1.29, 1.82) is 0 Å².